The van der Waals surface area contributed by atoms with E-state index < -0.39 is 11.7 Å². The third-order valence-electron chi connectivity index (χ3n) is 3.31. The number of hydrogen-bond donors (Lipinski definition) is 3. The smallest absolute Gasteiger partial charge is 0.372 e. The molecule has 0 bridgehead atoms. The summed E-state index contributed by atoms with van der Waals surface area (Å²) >= 11 is 1.58. The molecule has 0 saturated carbocycles. The molecule has 1 aliphatic heterocycles. The van der Waals surface area contributed by atoms with Crippen LogP contribution in [0.1, 0.15) is 16.0 Å². The van der Waals surface area contributed by atoms with E-state index in [1.165, 1.54) is 17.5 Å². The van der Waals surface area contributed by atoms with Gasteiger partial charge in [0.2, 0.25) is 5.95 Å². The molecule has 0 saturated heterocycles. The number of halogens is 3. The number of alkyl halides is 3. The molecule has 0 spiro atoms. The lowest BCUT2D eigenvalue weighted by Crippen LogP contribution is -2.21. The van der Waals surface area contributed by atoms with Gasteiger partial charge < -0.3 is 16.0 Å². The highest BCUT2D eigenvalue weighted by Crippen LogP contribution is 2.35. The summed E-state index contributed by atoms with van der Waals surface area (Å²) in [6.07, 6.45) is -2.74. The van der Waals surface area contributed by atoms with Gasteiger partial charge in [-0.2, -0.15) is 18.2 Å². The summed E-state index contributed by atoms with van der Waals surface area (Å²) in [6.45, 7) is 1.75. The Morgan fingerprint density at radius 2 is 2.18 bits per heavy atom. The zero-order valence-electron chi connectivity index (χ0n) is 11.7. The van der Waals surface area contributed by atoms with E-state index in [0.29, 0.717) is 0 Å². The first kappa shape index (κ1) is 15.0. The van der Waals surface area contributed by atoms with Crippen LogP contribution in [-0.4, -0.2) is 23.6 Å². The average Bonchev–Trinajstić information content (AvgIpc) is 2.88. The Kier molecular flexibility index (Phi) is 3.92. The molecule has 0 aliphatic carbocycles. The molecule has 0 radical (unpaired) electrons. The maximum atomic E-state index is 12.8. The van der Waals surface area contributed by atoms with Gasteiger partial charge in [-0.1, -0.05) is 0 Å². The highest BCUT2D eigenvalue weighted by atomic mass is 32.1. The summed E-state index contributed by atoms with van der Waals surface area (Å²) in [5.74, 6) is -0.100. The summed E-state index contributed by atoms with van der Waals surface area (Å²) in [5.41, 5.74) is 0.328. The first-order chi connectivity index (χ1) is 10.5. The molecule has 3 heterocycles. The summed E-state index contributed by atoms with van der Waals surface area (Å²) in [7, 11) is 1.40. The maximum Gasteiger partial charge on any atom is 0.421 e. The predicted octanol–water partition coefficient (Wildman–Crippen LogP) is 2.99. The molecule has 0 aromatic carbocycles. The van der Waals surface area contributed by atoms with Crippen LogP contribution in [0.3, 0.4) is 0 Å². The number of hydrogen-bond acceptors (Lipinski definition) is 6. The molecular formula is C13H14F3N5S. The highest BCUT2D eigenvalue weighted by Gasteiger charge is 2.35. The van der Waals surface area contributed by atoms with Crippen molar-refractivity contribution in [3.63, 3.8) is 0 Å². The first-order valence-electron chi connectivity index (χ1n) is 6.68. The second-order valence-electron chi connectivity index (χ2n) is 4.81. The zero-order valence-corrected chi connectivity index (χ0v) is 12.5. The van der Waals surface area contributed by atoms with E-state index in [9.17, 15) is 13.2 Å². The van der Waals surface area contributed by atoms with Crippen LogP contribution in [-0.2, 0) is 19.1 Å². The van der Waals surface area contributed by atoms with Crippen LogP contribution >= 0.6 is 11.3 Å². The summed E-state index contributed by atoms with van der Waals surface area (Å²) < 4.78 is 38.4. The number of thiophene rings is 1. The van der Waals surface area contributed by atoms with Crippen molar-refractivity contribution in [1.82, 2.24) is 15.3 Å². The lowest BCUT2D eigenvalue weighted by atomic mass is 10.1. The van der Waals surface area contributed by atoms with Crippen LogP contribution in [0.5, 0.6) is 0 Å². The van der Waals surface area contributed by atoms with Crippen molar-refractivity contribution in [2.45, 2.75) is 19.1 Å². The Hall–Kier alpha value is -1.87. The van der Waals surface area contributed by atoms with Gasteiger partial charge in [-0.25, -0.2) is 4.98 Å². The maximum absolute atomic E-state index is 12.8. The molecule has 5 nitrogen and oxygen atoms in total. The Bertz CT molecular complexity index is 659. The van der Waals surface area contributed by atoms with E-state index in [2.05, 4.69) is 25.9 Å². The van der Waals surface area contributed by atoms with Crippen molar-refractivity contribution in [3.8, 4) is 0 Å². The van der Waals surface area contributed by atoms with E-state index in [1.54, 1.807) is 11.3 Å². The van der Waals surface area contributed by atoms with Gasteiger partial charge in [0.25, 0.3) is 0 Å². The summed E-state index contributed by atoms with van der Waals surface area (Å²) in [6, 6.07) is 1.98. The number of nitrogens with one attached hydrogen (secondary N) is 3. The van der Waals surface area contributed by atoms with Crippen LogP contribution < -0.4 is 16.0 Å². The Balaban J connectivity index is 1.85. The quantitative estimate of drug-likeness (QED) is 0.808. The molecule has 2 aromatic rings. The van der Waals surface area contributed by atoms with E-state index in [1.807, 2.05) is 6.07 Å². The predicted molar refractivity (Wildman–Crippen MR) is 79.6 cm³/mol. The fourth-order valence-electron chi connectivity index (χ4n) is 2.26. The number of rotatable bonds is 3. The van der Waals surface area contributed by atoms with Crippen molar-refractivity contribution in [2.24, 2.45) is 0 Å². The van der Waals surface area contributed by atoms with Gasteiger partial charge >= 0.3 is 6.18 Å². The lowest BCUT2D eigenvalue weighted by Gasteiger charge is -2.12. The van der Waals surface area contributed by atoms with E-state index in [-0.39, 0.29) is 11.8 Å². The van der Waals surface area contributed by atoms with Gasteiger partial charge in [0, 0.05) is 31.2 Å². The third kappa shape index (κ3) is 3.00. The van der Waals surface area contributed by atoms with Crippen molar-refractivity contribution >= 4 is 28.1 Å². The van der Waals surface area contributed by atoms with Crippen LogP contribution in [0.15, 0.2) is 12.3 Å². The van der Waals surface area contributed by atoms with Crippen LogP contribution in [0.25, 0.3) is 0 Å². The Labute approximate surface area is 129 Å². The molecule has 0 atom stereocenters. The van der Waals surface area contributed by atoms with Crippen molar-refractivity contribution in [3.05, 3.63) is 28.3 Å². The number of fused-ring (bicyclic) bond motifs is 1. The minimum Gasteiger partial charge on any atom is -0.372 e. The molecule has 3 rings (SSSR count). The Morgan fingerprint density at radius 1 is 1.36 bits per heavy atom. The molecular weight excluding hydrogens is 315 g/mol. The minimum atomic E-state index is -4.48. The fraction of sp³-hybridized carbons (Fsp3) is 0.385. The molecule has 2 aromatic heterocycles. The number of nitrogens with zero attached hydrogens (tertiary/aromatic N) is 2. The van der Waals surface area contributed by atoms with Gasteiger partial charge in [-0.3, -0.25) is 0 Å². The van der Waals surface area contributed by atoms with E-state index in [4.69, 9.17) is 0 Å². The molecule has 0 amide bonds. The van der Waals surface area contributed by atoms with Crippen molar-refractivity contribution in [1.29, 1.82) is 0 Å². The molecule has 0 unspecified atom stereocenters. The third-order valence-corrected chi connectivity index (χ3v) is 4.46. The van der Waals surface area contributed by atoms with Gasteiger partial charge in [0.05, 0.1) is 5.00 Å². The second kappa shape index (κ2) is 5.73. The van der Waals surface area contributed by atoms with Gasteiger partial charge in [-0.15, -0.1) is 11.3 Å². The van der Waals surface area contributed by atoms with E-state index >= 15 is 0 Å². The van der Waals surface area contributed by atoms with Crippen molar-refractivity contribution in [2.75, 3.05) is 24.2 Å². The van der Waals surface area contributed by atoms with Gasteiger partial charge in [0.15, 0.2) is 0 Å². The molecule has 1 aliphatic rings. The van der Waals surface area contributed by atoms with Crippen molar-refractivity contribution < 1.29 is 13.2 Å². The molecule has 0 fully saturated rings. The van der Waals surface area contributed by atoms with Crippen LogP contribution in [0.2, 0.25) is 0 Å². The molecule has 9 heteroatoms. The van der Waals surface area contributed by atoms with Gasteiger partial charge in [0.1, 0.15) is 11.4 Å². The molecule has 3 N–H and O–H groups in total. The standard InChI is InChI=1S/C13H14F3N5S/c1-17-11-8(13(14,15)16)6-19-12(21-11)20-10-4-7-5-18-3-2-9(7)22-10/h4,6,18H,2-3,5H2,1H3,(H2,17,19,20,21). The largest absolute Gasteiger partial charge is 0.421 e. The van der Waals surface area contributed by atoms with Gasteiger partial charge in [-0.05, 0) is 18.1 Å². The van der Waals surface area contributed by atoms with E-state index in [0.717, 1.165) is 30.7 Å². The van der Waals surface area contributed by atoms with Crippen LogP contribution in [0.4, 0.5) is 29.9 Å². The number of aromatic nitrogens is 2. The average molecular weight is 329 g/mol. The number of anilines is 3. The highest BCUT2D eigenvalue weighted by molar-refractivity contribution is 7.16. The minimum absolute atomic E-state index is 0.143. The lowest BCUT2D eigenvalue weighted by molar-refractivity contribution is -0.137. The van der Waals surface area contributed by atoms with Crippen LogP contribution in [0, 0.1) is 0 Å². The summed E-state index contributed by atoms with van der Waals surface area (Å²) in [4.78, 5) is 8.94. The normalized spacial score (nSPS) is 14.5. The fourth-order valence-corrected chi connectivity index (χ4v) is 3.34. The zero-order chi connectivity index (χ0) is 15.7. The topological polar surface area (TPSA) is 61.9 Å². The SMILES string of the molecule is CNc1nc(Nc2cc3c(s2)CCNC3)ncc1C(F)(F)F. The Morgan fingerprint density at radius 3 is 2.86 bits per heavy atom. The summed E-state index contributed by atoms with van der Waals surface area (Å²) in [5, 5.41) is 9.54. The second-order valence-corrected chi connectivity index (χ2v) is 5.95. The molecule has 118 valence electrons. The first-order valence-corrected chi connectivity index (χ1v) is 7.50. The monoisotopic (exact) mass is 329 g/mol. The molecule has 22 heavy (non-hydrogen) atoms.